The first-order chi connectivity index (χ1) is 12.6. The lowest BCUT2D eigenvalue weighted by Gasteiger charge is -2.22. The van der Waals surface area contributed by atoms with Crippen LogP contribution in [0.25, 0.3) is 11.0 Å². The second-order valence-corrected chi connectivity index (χ2v) is 6.71. The maximum absolute atomic E-state index is 13.5. The molecular formula is C21H17ClFN3. The predicted octanol–water partition coefficient (Wildman–Crippen LogP) is 6.00. The van der Waals surface area contributed by atoms with Gasteiger partial charge in [0.1, 0.15) is 5.82 Å². The third kappa shape index (κ3) is 3.41. The van der Waals surface area contributed by atoms with E-state index in [4.69, 9.17) is 11.6 Å². The molecule has 130 valence electrons. The van der Waals surface area contributed by atoms with Gasteiger partial charge in [-0.05, 0) is 55.0 Å². The quantitative estimate of drug-likeness (QED) is 0.480. The summed E-state index contributed by atoms with van der Waals surface area (Å²) in [6, 6.07) is 20.5. The van der Waals surface area contributed by atoms with Crippen molar-refractivity contribution in [1.29, 1.82) is 0 Å². The van der Waals surface area contributed by atoms with E-state index < -0.39 is 0 Å². The summed E-state index contributed by atoms with van der Waals surface area (Å²) in [4.78, 5) is 9.91. The lowest BCUT2D eigenvalue weighted by molar-refractivity contribution is 0.629. The Morgan fingerprint density at radius 2 is 1.73 bits per heavy atom. The molecule has 0 radical (unpaired) electrons. The van der Waals surface area contributed by atoms with Crippen molar-refractivity contribution < 1.29 is 4.39 Å². The fourth-order valence-electron chi connectivity index (χ4n) is 2.88. The average Bonchev–Trinajstić information content (AvgIpc) is 3.05. The van der Waals surface area contributed by atoms with Crippen molar-refractivity contribution in [3.05, 3.63) is 88.7 Å². The zero-order chi connectivity index (χ0) is 18.1. The Morgan fingerprint density at radius 1 is 1.00 bits per heavy atom. The monoisotopic (exact) mass is 365 g/mol. The van der Waals surface area contributed by atoms with Crippen LogP contribution in [-0.2, 0) is 6.54 Å². The van der Waals surface area contributed by atoms with Gasteiger partial charge in [-0.3, -0.25) is 0 Å². The molecule has 4 rings (SSSR count). The molecule has 1 aromatic heterocycles. The molecule has 3 aromatic carbocycles. The summed E-state index contributed by atoms with van der Waals surface area (Å²) in [5.41, 5.74) is 4.71. The molecule has 0 bridgehead atoms. The Hall–Kier alpha value is -2.85. The Bertz CT molecular complexity index is 1040. The van der Waals surface area contributed by atoms with Crippen LogP contribution in [0.1, 0.15) is 11.1 Å². The molecule has 26 heavy (non-hydrogen) atoms. The summed E-state index contributed by atoms with van der Waals surface area (Å²) in [7, 11) is 0. The number of aryl methyl sites for hydroxylation is 1. The smallest absolute Gasteiger partial charge is 0.208 e. The lowest BCUT2D eigenvalue weighted by atomic mass is 10.1. The van der Waals surface area contributed by atoms with Gasteiger partial charge >= 0.3 is 0 Å². The van der Waals surface area contributed by atoms with Crippen LogP contribution >= 0.6 is 11.6 Å². The van der Waals surface area contributed by atoms with Crippen LogP contribution in [0.4, 0.5) is 16.0 Å². The minimum atomic E-state index is -0.288. The van der Waals surface area contributed by atoms with E-state index in [1.165, 1.54) is 17.7 Å². The predicted molar refractivity (Wildman–Crippen MR) is 105 cm³/mol. The zero-order valence-electron chi connectivity index (χ0n) is 14.2. The van der Waals surface area contributed by atoms with Gasteiger partial charge in [-0.2, -0.15) is 0 Å². The number of halogens is 2. The molecule has 0 unspecified atom stereocenters. The summed E-state index contributed by atoms with van der Waals surface area (Å²) in [6.45, 7) is 2.69. The van der Waals surface area contributed by atoms with Gasteiger partial charge < -0.3 is 9.88 Å². The molecule has 0 aliphatic rings. The highest BCUT2D eigenvalue weighted by Gasteiger charge is 2.15. The van der Waals surface area contributed by atoms with Crippen LogP contribution in [-0.4, -0.2) is 9.97 Å². The third-order valence-corrected chi connectivity index (χ3v) is 4.54. The van der Waals surface area contributed by atoms with Crippen molar-refractivity contribution in [1.82, 2.24) is 9.97 Å². The SMILES string of the molecule is Cc1ccc(CN(c2ccc(Cl)cc2)c2nc3ccc(F)cc3[nH]2)cc1. The summed E-state index contributed by atoms with van der Waals surface area (Å²) in [6.07, 6.45) is 0. The second kappa shape index (κ2) is 6.81. The topological polar surface area (TPSA) is 31.9 Å². The van der Waals surface area contributed by atoms with Crippen molar-refractivity contribution in [3.8, 4) is 0 Å². The number of hydrogen-bond donors (Lipinski definition) is 1. The highest BCUT2D eigenvalue weighted by molar-refractivity contribution is 6.30. The van der Waals surface area contributed by atoms with Gasteiger partial charge in [0.25, 0.3) is 0 Å². The molecule has 0 amide bonds. The van der Waals surface area contributed by atoms with Crippen LogP contribution < -0.4 is 4.90 Å². The Labute approximate surface area is 156 Å². The van der Waals surface area contributed by atoms with E-state index in [1.54, 1.807) is 6.07 Å². The Kier molecular flexibility index (Phi) is 4.35. The van der Waals surface area contributed by atoms with Crippen molar-refractivity contribution in [2.45, 2.75) is 13.5 Å². The number of rotatable bonds is 4. The van der Waals surface area contributed by atoms with Crippen LogP contribution in [0.2, 0.25) is 5.02 Å². The van der Waals surface area contributed by atoms with E-state index in [9.17, 15) is 4.39 Å². The molecule has 0 saturated carbocycles. The third-order valence-electron chi connectivity index (χ3n) is 4.29. The van der Waals surface area contributed by atoms with Gasteiger partial charge in [0.05, 0.1) is 17.6 Å². The number of aromatic amines is 1. The van der Waals surface area contributed by atoms with Crippen molar-refractivity contribution >= 4 is 34.3 Å². The molecule has 0 spiro atoms. The summed E-state index contributed by atoms with van der Waals surface area (Å²) in [5.74, 6) is 0.373. The van der Waals surface area contributed by atoms with E-state index in [-0.39, 0.29) is 5.82 Å². The minimum Gasteiger partial charge on any atom is -0.324 e. The van der Waals surface area contributed by atoms with Gasteiger partial charge in [0.15, 0.2) is 0 Å². The van der Waals surface area contributed by atoms with E-state index in [0.717, 1.165) is 16.8 Å². The molecule has 1 N–H and O–H groups in total. The highest BCUT2D eigenvalue weighted by Crippen LogP contribution is 2.28. The van der Waals surface area contributed by atoms with Gasteiger partial charge in [-0.15, -0.1) is 0 Å². The largest absolute Gasteiger partial charge is 0.324 e. The minimum absolute atomic E-state index is 0.288. The number of nitrogens with zero attached hydrogens (tertiary/aromatic N) is 2. The maximum atomic E-state index is 13.5. The van der Waals surface area contributed by atoms with Gasteiger partial charge in [0, 0.05) is 10.7 Å². The Balaban J connectivity index is 1.77. The molecule has 1 heterocycles. The number of aromatic nitrogens is 2. The molecule has 0 aliphatic heterocycles. The number of fused-ring (bicyclic) bond motifs is 1. The number of imidazole rings is 1. The number of benzene rings is 3. The lowest BCUT2D eigenvalue weighted by Crippen LogP contribution is -2.17. The molecule has 3 nitrogen and oxygen atoms in total. The molecule has 0 aliphatic carbocycles. The fraction of sp³-hybridized carbons (Fsp3) is 0.0952. The van der Waals surface area contributed by atoms with Crippen molar-refractivity contribution in [3.63, 3.8) is 0 Å². The van der Waals surface area contributed by atoms with Crippen LogP contribution in [0.3, 0.4) is 0 Å². The number of nitrogens with one attached hydrogen (secondary N) is 1. The second-order valence-electron chi connectivity index (χ2n) is 6.27. The first-order valence-corrected chi connectivity index (χ1v) is 8.70. The number of hydrogen-bond acceptors (Lipinski definition) is 2. The number of H-pyrrole nitrogens is 1. The molecule has 0 saturated heterocycles. The van der Waals surface area contributed by atoms with Crippen molar-refractivity contribution in [2.75, 3.05) is 4.90 Å². The molecule has 0 fully saturated rings. The Morgan fingerprint density at radius 3 is 2.46 bits per heavy atom. The van der Waals surface area contributed by atoms with Gasteiger partial charge in [-0.25, -0.2) is 9.37 Å². The fourth-order valence-corrected chi connectivity index (χ4v) is 3.01. The van der Waals surface area contributed by atoms with Crippen LogP contribution in [0.5, 0.6) is 0 Å². The average molecular weight is 366 g/mol. The van der Waals surface area contributed by atoms with Gasteiger partial charge in [0.2, 0.25) is 5.95 Å². The van der Waals surface area contributed by atoms with Gasteiger partial charge in [-0.1, -0.05) is 41.4 Å². The normalized spacial score (nSPS) is 11.0. The highest BCUT2D eigenvalue weighted by atomic mass is 35.5. The zero-order valence-corrected chi connectivity index (χ0v) is 15.0. The molecular weight excluding hydrogens is 349 g/mol. The van der Waals surface area contributed by atoms with E-state index in [2.05, 4.69) is 46.1 Å². The van der Waals surface area contributed by atoms with Crippen LogP contribution in [0.15, 0.2) is 66.7 Å². The molecule has 0 atom stereocenters. The van der Waals surface area contributed by atoms with Crippen molar-refractivity contribution in [2.24, 2.45) is 0 Å². The van der Waals surface area contributed by atoms with E-state index >= 15 is 0 Å². The first kappa shape index (κ1) is 16.6. The maximum Gasteiger partial charge on any atom is 0.208 e. The summed E-state index contributed by atoms with van der Waals surface area (Å²) < 4.78 is 13.5. The first-order valence-electron chi connectivity index (χ1n) is 8.32. The molecule has 4 aromatic rings. The van der Waals surface area contributed by atoms with E-state index in [1.807, 2.05) is 24.3 Å². The van der Waals surface area contributed by atoms with E-state index in [0.29, 0.717) is 23.0 Å². The molecule has 5 heteroatoms. The summed E-state index contributed by atoms with van der Waals surface area (Å²) in [5, 5.41) is 0.677. The number of anilines is 2. The standard InChI is InChI=1S/C21H17ClFN3/c1-14-2-4-15(5-3-14)13-26(18-9-6-16(22)7-10-18)21-24-19-11-8-17(23)12-20(19)25-21/h2-12H,13H2,1H3,(H,24,25). The van der Waals surface area contributed by atoms with Crippen LogP contribution in [0, 0.1) is 12.7 Å². The summed E-state index contributed by atoms with van der Waals surface area (Å²) >= 11 is 6.04.